The van der Waals surface area contributed by atoms with Crippen molar-refractivity contribution in [2.24, 2.45) is 7.05 Å². The number of carbonyl (C=O) groups is 1. The van der Waals surface area contributed by atoms with E-state index in [1.807, 2.05) is 12.1 Å². The molecule has 0 saturated heterocycles. The third-order valence-corrected chi connectivity index (χ3v) is 9.65. The van der Waals surface area contributed by atoms with Gasteiger partial charge >= 0.3 is 0 Å². The highest BCUT2D eigenvalue weighted by atomic mass is 35.5. The molecule has 198 valence electrons. The quantitative estimate of drug-likeness (QED) is 0.282. The molecule has 1 aromatic carbocycles. The lowest BCUT2D eigenvalue weighted by molar-refractivity contribution is -0.0136. The van der Waals surface area contributed by atoms with Crippen molar-refractivity contribution in [2.45, 2.75) is 49.2 Å². The number of carbonyl (C=O) groups excluding carboxylic acids is 1. The van der Waals surface area contributed by atoms with Crippen LogP contribution in [-0.2, 0) is 30.0 Å². The fraction of sp³-hybridized carbons (Fsp3) is 0.565. The van der Waals surface area contributed by atoms with Crippen LogP contribution in [0.5, 0.6) is 0 Å². The standard InChI is InChI=1S/C23H32ClN5O6S/c1-22(13-30,14-31)27-36(34,35)23(8-9-23)12-29-10-7-17-18(26-28(2)19(17)21(29)33)20(32)25-11-15-3-5-16(24)6-4-15/h3-6,21,27,30-31,33H,7-14H2,1-2H3,(H,25,32). The minimum atomic E-state index is -3.90. The van der Waals surface area contributed by atoms with Gasteiger partial charge in [-0.3, -0.25) is 14.4 Å². The summed E-state index contributed by atoms with van der Waals surface area (Å²) in [6.07, 6.45) is 0.0710. The van der Waals surface area contributed by atoms with Crippen LogP contribution in [0.1, 0.15) is 53.3 Å². The highest BCUT2D eigenvalue weighted by Gasteiger charge is 2.57. The van der Waals surface area contributed by atoms with E-state index in [0.29, 0.717) is 48.6 Å². The SMILES string of the molecule is Cn1nc(C(=O)NCc2ccc(Cl)cc2)c2c1C(O)N(CC1(S(=O)(=O)NC(C)(CO)CO)CC1)CC2. The first-order chi connectivity index (χ1) is 16.9. The lowest BCUT2D eigenvalue weighted by Crippen LogP contribution is -2.57. The molecule has 0 spiro atoms. The molecule has 1 aliphatic carbocycles. The molecule has 1 aromatic heterocycles. The molecule has 11 nitrogen and oxygen atoms in total. The lowest BCUT2D eigenvalue weighted by Gasteiger charge is -2.36. The maximum Gasteiger partial charge on any atom is 0.272 e. The van der Waals surface area contributed by atoms with Crippen LogP contribution < -0.4 is 10.0 Å². The summed E-state index contributed by atoms with van der Waals surface area (Å²) in [7, 11) is -2.26. The monoisotopic (exact) mass is 541 g/mol. The topological polar surface area (TPSA) is 157 Å². The largest absolute Gasteiger partial charge is 0.394 e. The Morgan fingerprint density at radius 3 is 2.47 bits per heavy atom. The zero-order valence-corrected chi connectivity index (χ0v) is 21.8. The number of halogens is 1. The highest BCUT2D eigenvalue weighted by Crippen LogP contribution is 2.46. The van der Waals surface area contributed by atoms with Crippen LogP contribution >= 0.6 is 11.6 Å². The molecule has 0 radical (unpaired) electrons. The van der Waals surface area contributed by atoms with E-state index in [1.54, 1.807) is 24.1 Å². The number of aliphatic hydroxyl groups excluding tert-OH is 3. The number of hydrogen-bond acceptors (Lipinski definition) is 8. The second-order valence-corrected chi connectivity index (χ2v) is 12.4. The van der Waals surface area contributed by atoms with E-state index in [2.05, 4.69) is 15.1 Å². The summed E-state index contributed by atoms with van der Waals surface area (Å²) >= 11 is 5.90. The number of sulfonamides is 1. The minimum absolute atomic E-state index is 0.0686. The molecule has 1 saturated carbocycles. The molecule has 1 aliphatic heterocycles. The molecule has 4 rings (SSSR count). The van der Waals surface area contributed by atoms with Gasteiger partial charge in [-0.1, -0.05) is 23.7 Å². The summed E-state index contributed by atoms with van der Waals surface area (Å²) < 4.78 is 29.0. The van der Waals surface area contributed by atoms with E-state index in [1.165, 1.54) is 11.6 Å². The number of fused-ring (bicyclic) bond motifs is 1. The zero-order chi connectivity index (χ0) is 26.3. The molecule has 1 unspecified atom stereocenters. The van der Waals surface area contributed by atoms with Crippen LogP contribution in [-0.4, -0.2) is 80.9 Å². The maximum atomic E-state index is 13.1. The molecule has 13 heteroatoms. The van der Waals surface area contributed by atoms with Crippen LogP contribution in [0.4, 0.5) is 0 Å². The van der Waals surface area contributed by atoms with Crippen molar-refractivity contribution in [1.82, 2.24) is 24.7 Å². The zero-order valence-electron chi connectivity index (χ0n) is 20.2. The fourth-order valence-corrected chi connectivity index (χ4v) is 6.58. The smallest absolute Gasteiger partial charge is 0.272 e. The lowest BCUT2D eigenvalue weighted by atomic mass is 10.0. The van der Waals surface area contributed by atoms with Crippen LogP contribution in [0.15, 0.2) is 24.3 Å². The number of rotatable bonds is 10. The summed E-state index contributed by atoms with van der Waals surface area (Å²) in [6, 6.07) is 7.12. The summed E-state index contributed by atoms with van der Waals surface area (Å²) in [5.74, 6) is -0.361. The second kappa shape index (κ2) is 10.0. The third-order valence-electron chi connectivity index (χ3n) is 6.96. The second-order valence-electron chi connectivity index (χ2n) is 9.90. The number of aliphatic hydroxyl groups is 3. The average Bonchev–Trinajstić information content (AvgIpc) is 3.56. The van der Waals surface area contributed by atoms with Gasteiger partial charge in [-0.2, -0.15) is 5.10 Å². The fourth-order valence-electron chi connectivity index (χ4n) is 4.49. The number of benzene rings is 1. The van der Waals surface area contributed by atoms with Crippen molar-refractivity contribution >= 4 is 27.5 Å². The molecule has 36 heavy (non-hydrogen) atoms. The van der Waals surface area contributed by atoms with Gasteiger partial charge in [-0.15, -0.1) is 0 Å². The minimum Gasteiger partial charge on any atom is -0.394 e. The molecule has 2 heterocycles. The van der Waals surface area contributed by atoms with Crippen molar-refractivity contribution < 1.29 is 28.5 Å². The summed E-state index contributed by atoms with van der Waals surface area (Å²) in [5, 5.41) is 38.0. The van der Waals surface area contributed by atoms with Gasteiger partial charge in [-0.05, 0) is 43.9 Å². The molecule has 2 aliphatic rings. The number of nitrogens with zero attached hydrogens (tertiary/aromatic N) is 3. The number of nitrogens with one attached hydrogen (secondary N) is 2. The summed E-state index contributed by atoms with van der Waals surface area (Å²) in [6.45, 7) is 1.03. The van der Waals surface area contributed by atoms with Crippen molar-refractivity contribution in [3.63, 3.8) is 0 Å². The summed E-state index contributed by atoms with van der Waals surface area (Å²) in [5.41, 5.74) is 0.825. The number of amides is 1. The van der Waals surface area contributed by atoms with E-state index in [4.69, 9.17) is 11.6 Å². The molecule has 1 atom stereocenters. The Hall–Kier alpha value is -2.06. The number of aryl methyl sites for hydroxylation is 1. The first-order valence-electron chi connectivity index (χ1n) is 11.7. The van der Waals surface area contributed by atoms with E-state index in [0.717, 1.165) is 5.56 Å². The van der Waals surface area contributed by atoms with Gasteiger partial charge in [0, 0.05) is 37.3 Å². The van der Waals surface area contributed by atoms with Gasteiger partial charge in [0.15, 0.2) is 11.9 Å². The Morgan fingerprint density at radius 2 is 1.89 bits per heavy atom. The molecule has 0 bridgehead atoms. The van der Waals surface area contributed by atoms with Gasteiger partial charge < -0.3 is 20.6 Å². The van der Waals surface area contributed by atoms with Crippen molar-refractivity contribution in [3.05, 3.63) is 51.8 Å². The van der Waals surface area contributed by atoms with Crippen LogP contribution in [0.2, 0.25) is 5.02 Å². The summed E-state index contributed by atoms with van der Waals surface area (Å²) in [4.78, 5) is 14.5. The Morgan fingerprint density at radius 1 is 1.25 bits per heavy atom. The van der Waals surface area contributed by atoms with Crippen molar-refractivity contribution in [3.8, 4) is 0 Å². The van der Waals surface area contributed by atoms with Gasteiger partial charge in [-0.25, -0.2) is 13.1 Å². The Bertz CT molecular complexity index is 1220. The predicted octanol–water partition coefficient (Wildman–Crippen LogP) is 0.0478. The first kappa shape index (κ1) is 27.0. The highest BCUT2D eigenvalue weighted by molar-refractivity contribution is 7.91. The van der Waals surface area contributed by atoms with Crippen LogP contribution in [0, 0.1) is 0 Å². The third kappa shape index (κ3) is 5.17. The molecular formula is C23H32ClN5O6S. The molecule has 5 N–H and O–H groups in total. The predicted molar refractivity (Wildman–Crippen MR) is 133 cm³/mol. The Kier molecular flexibility index (Phi) is 7.50. The number of aromatic nitrogens is 2. The first-order valence-corrected chi connectivity index (χ1v) is 13.6. The average molecular weight is 542 g/mol. The molecule has 1 fully saturated rings. The molecule has 2 aromatic rings. The van der Waals surface area contributed by atoms with Crippen LogP contribution in [0.3, 0.4) is 0 Å². The van der Waals surface area contributed by atoms with Gasteiger partial charge in [0.05, 0.1) is 29.2 Å². The van der Waals surface area contributed by atoms with Crippen molar-refractivity contribution in [2.75, 3.05) is 26.3 Å². The normalized spacial score (nSPS) is 19.7. The molecular weight excluding hydrogens is 510 g/mol. The molecule has 1 amide bonds. The van der Waals surface area contributed by atoms with E-state index in [9.17, 15) is 28.5 Å². The Labute approximate surface area is 215 Å². The van der Waals surface area contributed by atoms with Gasteiger partial charge in [0.1, 0.15) is 0 Å². The van der Waals surface area contributed by atoms with Gasteiger partial charge in [0.2, 0.25) is 10.0 Å². The van der Waals surface area contributed by atoms with Gasteiger partial charge in [0.25, 0.3) is 5.91 Å². The maximum absolute atomic E-state index is 13.1. The number of hydrogen-bond donors (Lipinski definition) is 5. The van der Waals surface area contributed by atoms with E-state index < -0.39 is 39.8 Å². The Balaban J connectivity index is 1.47. The van der Waals surface area contributed by atoms with E-state index >= 15 is 0 Å². The van der Waals surface area contributed by atoms with Crippen molar-refractivity contribution in [1.29, 1.82) is 0 Å². The van der Waals surface area contributed by atoms with E-state index in [-0.39, 0.29) is 18.1 Å². The van der Waals surface area contributed by atoms with Crippen LogP contribution in [0.25, 0.3) is 0 Å².